The van der Waals surface area contributed by atoms with Gasteiger partial charge in [-0.2, -0.15) is 0 Å². The SMILES string of the molecule is COc1cc([N+](=O)[O-])ccc1NC(=O)NCC(C)C(=O)O. The summed E-state index contributed by atoms with van der Waals surface area (Å²) in [7, 11) is 1.31. The molecule has 1 rings (SSSR count). The number of nitro groups is 1. The molecule has 1 aromatic carbocycles. The van der Waals surface area contributed by atoms with Crippen molar-refractivity contribution >= 4 is 23.4 Å². The number of carboxylic acid groups (broad SMARTS) is 1. The quantitative estimate of drug-likeness (QED) is 0.538. The zero-order chi connectivity index (χ0) is 16.0. The molecule has 1 aromatic rings. The van der Waals surface area contributed by atoms with Gasteiger partial charge in [-0.25, -0.2) is 4.79 Å². The van der Waals surface area contributed by atoms with E-state index in [4.69, 9.17) is 9.84 Å². The third-order valence-corrected chi connectivity index (χ3v) is 2.63. The van der Waals surface area contributed by atoms with Gasteiger partial charge < -0.3 is 20.5 Å². The molecule has 0 aliphatic rings. The first-order chi connectivity index (χ1) is 9.85. The third kappa shape index (κ3) is 4.64. The number of aliphatic carboxylic acids is 1. The van der Waals surface area contributed by atoms with Gasteiger partial charge in [0.1, 0.15) is 5.75 Å². The van der Waals surface area contributed by atoms with Crippen molar-refractivity contribution in [3.63, 3.8) is 0 Å². The molecule has 0 fully saturated rings. The highest BCUT2D eigenvalue weighted by molar-refractivity contribution is 5.91. The van der Waals surface area contributed by atoms with Gasteiger partial charge in [-0.15, -0.1) is 0 Å². The number of hydrogen-bond donors (Lipinski definition) is 3. The molecule has 0 radical (unpaired) electrons. The number of anilines is 1. The molecule has 0 spiro atoms. The predicted octanol–water partition coefficient (Wildman–Crippen LogP) is 1.45. The third-order valence-electron chi connectivity index (χ3n) is 2.63. The van der Waals surface area contributed by atoms with Gasteiger partial charge in [-0.3, -0.25) is 14.9 Å². The fourth-order valence-electron chi connectivity index (χ4n) is 1.40. The number of carbonyl (C=O) groups is 2. The molecule has 0 aliphatic carbocycles. The fourth-order valence-corrected chi connectivity index (χ4v) is 1.40. The van der Waals surface area contributed by atoms with Crippen LogP contribution >= 0.6 is 0 Å². The van der Waals surface area contributed by atoms with E-state index >= 15 is 0 Å². The summed E-state index contributed by atoms with van der Waals surface area (Å²) in [5.41, 5.74) is 0.0703. The van der Waals surface area contributed by atoms with Crippen LogP contribution in [-0.4, -0.2) is 35.7 Å². The molecule has 1 atom stereocenters. The molecule has 0 heterocycles. The van der Waals surface area contributed by atoms with Crippen LogP contribution in [0.3, 0.4) is 0 Å². The molecule has 9 nitrogen and oxygen atoms in total. The second kappa shape index (κ2) is 7.08. The number of benzene rings is 1. The summed E-state index contributed by atoms with van der Waals surface area (Å²) in [5.74, 6) is -1.62. The van der Waals surface area contributed by atoms with Crippen LogP contribution < -0.4 is 15.4 Å². The Morgan fingerprint density at radius 1 is 1.48 bits per heavy atom. The van der Waals surface area contributed by atoms with E-state index in [1.807, 2.05) is 0 Å². The van der Waals surface area contributed by atoms with Crippen molar-refractivity contribution in [1.82, 2.24) is 5.32 Å². The van der Waals surface area contributed by atoms with Crippen LogP contribution in [-0.2, 0) is 4.79 Å². The van der Waals surface area contributed by atoms with Crippen molar-refractivity contribution in [2.24, 2.45) is 5.92 Å². The van der Waals surface area contributed by atoms with Crippen molar-refractivity contribution in [1.29, 1.82) is 0 Å². The van der Waals surface area contributed by atoms with Gasteiger partial charge in [0.2, 0.25) is 0 Å². The number of nitrogens with zero attached hydrogens (tertiary/aromatic N) is 1. The number of non-ortho nitro benzene ring substituents is 1. The number of ether oxygens (including phenoxy) is 1. The van der Waals surface area contributed by atoms with E-state index in [-0.39, 0.29) is 23.7 Å². The van der Waals surface area contributed by atoms with Gasteiger partial charge in [-0.1, -0.05) is 6.92 Å². The van der Waals surface area contributed by atoms with Crippen LogP contribution in [0.2, 0.25) is 0 Å². The Labute approximate surface area is 120 Å². The molecule has 0 aliphatic heterocycles. The van der Waals surface area contributed by atoms with E-state index < -0.39 is 22.8 Å². The minimum atomic E-state index is -1.02. The number of carboxylic acids is 1. The zero-order valence-corrected chi connectivity index (χ0v) is 11.5. The summed E-state index contributed by atoms with van der Waals surface area (Å²) >= 11 is 0. The zero-order valence-electron chi connectivity index (χ0n) is 11.5. The molecule has 3 N–H and O–H groups in total. The summed E-state index contributed by atoms with van der Waals surface area (Å²) < 4.78 is 4.96. The molecule has 114 valence electrons. The normalized spacial score (nSPS) is 11.3. The maximum absolute atomic E-state index is 11.6. The lowest BCUT2D eigenvalue weighted by atomic mass is 10.2. The minimum Gasteiger partial charge on any atom is -0.494 e. The van der Waals surface area contributed by atoms with Crippen molar-refractivity contribution in [3.8, 4) is 5.75 Å². The number of amides is 2. The molecular formula is C12H15N3O6. The number of nitrogens with one attached hydrogen (secondary N) is 2. The van der Waals surface area contributed by atoms with Gasteiger partial charge in [0.25, 0.3) is 5.69 Å². The van der Waals surface area contributed by atoms with Crippen molar-refractivity contribution in [2.75, 3.05) is 19.0 Å². The molecular weight excluding hydrogens is 282 g/mol. The van der Waals surface area contributed by atoms with E-state index in [0.29, 0.717) is 0 Å². The molecule has 1 unspecified atom stereocenters. The lowest BCUT2D eigenvalue weighted by molar-refractivity contribution is -0.384. The summed E-state index contributed by atoms with van der Waals surface area (Å²) in [6.45, 7) is 1.41. The van der Waals surface area contributed by atoms with Crippen LogP contribution in [0.4, 0.5) is 16.2 Å². The largest absolute Gasteiger partial charge is 0.494 e. The van der Waals surface area contributed by atoms with E-state index in [0.717, 1.165) is 0 Å². The number of hydrogen-bond acceptors (Lipinski definition) is 5. The Balaban J connectivity index is 2.72. The Morgan fingerprint density at radius 3 is 2.67 bits per heavy atom. The van der Waals surface area contributed by atoms with E-state index in [2.05, 4.69) is 10.6 Å². The van der Waals surface area contributed by atoms with Crippen LogP contribution in [0.25, 0.3) is 0 Å². The number of methoxy groups -OCH3 is 1. The van der Waals surface area contributed by atoms with Crippen molar-refractivity contribution in [3.05, 3.63) is 28.3 Å². The molecule has 0 saturated heterocycles. The Bertz CT molecular complexity index is 560. The maximum atomic E-state index is 11.6. The fraction of sp³-hybridized carbons (Fsp3) is 0.333. The number of rotatable bonds is 6. The molecule has 2 amide bonds. The first kappa shape index (κ1) is 16.2. The van der Waals surface area contributed by atoms with Gasteiger partial charge in [0, 0.05) is 12.6 Å². The molecule has 9 heteroatoms. The van der Waals surface area contributed by atoms with Crippen LogP contribution in [0.1, 0.15) is 6.92 Å². The first-order valence-electron chi connectivity index (χ1n) is 5.95. The Kier molecular flexibility index (Phi) is 5.47. The average Bonchev–Trinajstić information content (AvgIpc) is 2.44. The van der Waals surface area contributed by atoms with Crippen molar-refractivity contribution in [2.45, 2.75) is 6.92 Å². The first-order valence-corrected chi connectivity index (χ1v) is 5.95. The van der Waals surface area contributed by atoms with Gasteiger partial charge in [0.05, 0.1) is 29.7 Å². The predicted molar refractivity (Wildman–Crippen MR) is 73.5 cm³/mol. The highest BCUT2D eigenvalue weighted by atomic mass is 16.6. The highest BCUT2D eigenvalue weighted by Crippen LogP contribution is 2.28. The van der Waals surface area contributed by atoms with Crippen LogP contribution in [0.5, 0.6) is 5.75 Å². The smallest absolute Gasteiger partial charge is 0.319 e. The highest BCUT2D eigenvalue weighted by Gasteiger charge is 2.15. The van der Waals surface area contributed by atoms with Gasteiger partial charge >= 0.3 is 12.0 Å². The summed E-state index contributed by atoms with van der Waals surface area (Å²) in [5, 5.41) is 24.1. The topological polar surface area (TPSA) is 131 Å². The van der Waals surface area contributed by atoms with Crippen LogP contribution in [0, 0.1) is 16.0 Å². The maximum Gasteiger partial charge on any atom is 0.319 e. The van der Waals surface area contributed by atoms with Crippen LogP contribution in [0.15, 0.2) is 18.2 Å². The average molecular weight is 297 g/mol. The second-order valence-electron chi connectivity index (χ2n) is 4.22. The summed E-state index contributed by atoms with van der Waals surface area (Å²) in [6, 6.07) is 3.10. The molecule has 0 aromatic heterocycles. The Hall–Kier alpha value is -2.84. The van der Waals surface area contributed by atoms with E-state index in [1.165, 1.54) is 32.2 Å². The summed E-state index contributed by atoms with van der Waals surface area (Å²) in [4.78, 5) is 32.3. The lowest BCUT2D eigenvalue weighted by Crippen LogP contribution is -2.34. The molecule has 21 heavy (non-hydrogen) atoms. The molecule has 0 bridgehead atoms. The standard InChI is InChI=1S/C12H15N3O6/c1-7(11(16)17)6-13-12(18)14-9-4-3-8(15(19)20)5-10(9)21-2/h3-5,7H,6H2,1-2H3,(H,16,17)(H2,13,14,18). The lowest BCUT2D eigenvalue weighted by Gasteiger charge is -2.12. The second-order valence-corrected chi connectivity index (χ2v) is 4.22. The van der Waals surface area contributed by atoms with Crippen molar-refractivity contribution < 1.29 is 24.4 Å². The number of urea groups is 1. The van der Waals surface area contributed by atoms with Gasteiger partial charge in [-0.05, 0) is 6.07 Å². The minimum absolute atomic E-state index is 0.0452. The van der Waals surface area contributed by atoms with Gasteiger partial charge in [0.15, 0.2) is 0 Å². The van der Waals surface area contributed by atoms with E-state index in [9.17, 15) is 19.7 Å². The number of carbonyl (C=O) groups excluding carboxylic acids is 1. The Morgan fingerprint density at radius 2 is 2.14 bits per heavy atom. The van der Waals surface area contributed by atoms with E-state index in [1.54, 1.807) is 0 Å². The monoisotopic (exact) mass is 297 g/mol. The summed E-state index contributed by atoms with van der Waals surface area (Å²) in [6.07, 6.45) is 0. The molecule has 0 saturated carbocycles. The number of nitro benzene ring substituents is 1.